The van der Waals surface area contributed by atoms with E-state index in [-0.39, 0.29) is 12.3 Å². The molecule has 2 atom stereocenters. The molecule has 3 aromatic heterocycles. The summed E-state index contributed by atoms with van der Waals surface area (Å²) in [4.78, 5) is 45.6. The third-order valence-electron chi connectivity index (χ3n) is 8.38. The first-order chi connectivity index (χ1) is 21.4. The monoisotopic (exact) mass is 619 g/mol. The number of benzene rings is 1. The number of hydrogen-bond acceptors (Lipinski definition) is 5. The third kappa shape index (κ3) is 7.14. The first-order valence-corrected chi connectivity index (χ1v) is 15.2. The summed E-state index contributed by atoms with van der Waals surface area (Å²) in [5.74, 6) is -2.73. The molecule has 45 heavy (non-hydrogen) atoms. The van der Waals surface area contributed by atoms with Gasteiger partial charge in [-0.1, -0.05) is 32.0 Å². The number of likely N-dealkylation sites (tertiary alicyclic amines) is 1. The van der Waals surface area contributed by atoms with Crippen LogP contribution in [0.25, 0.3) is 16.8 Å². The number of carboxylic acids is 1. The van der Waals surface area contributed by atoms with E-state index in [0.717, 1.165) is 26.8 Å². The van der Waals surface area contributed by atoms with Gasteiger partial charge in [0.1, 0.15) is 17.9 Å². The van der Waals surface area contributed by atoms with E-state index in [2.05, 4.69) is 10.3 Å². The van der Waals surface area contributed by atoms with Gasteiger partial charge < -0.3 is 19.4 Å². The second-order valence-corrected chi connectivity index (χ2v) is 12.4. The van der Waals surface area contributed by atoms with Crippen LogP contribution >= 0.6 is 0 Å². The second-order valence-electron chi connectivity index (χ2n) is 12.4. The van der Waals surface area contributed by atoms with Gasteiger partial charge in [-0.25, -0.2) is 13.8 Å². The summed E-state index contributed by atoms with van der Waals surface area (Å²) in [5.41, 5.74) is 4.62. The third-order valence-corrected chi connectivity index (χ3v) is 8.38. The highest BCUT2D eigenvalue weighted by Gasteiger charge is 2.30. The fourth-order valence-corrected chi connectivity index (χ4v) is 6.12. The number of nitrogens with zero attached hydrogens (tertiary/aromatic N) is 4. The van der Waals surface area contributed by atoms with Crippen LogP contribution in [0.2, 0.25) is 0 Å². The van der Waals surface area contributed by atoms with Gasteiger partial charge in [0.2, 0.25) is 5.91 Å². The predicted molar refractivity (Wildman–Crippen MR) is 167 cm³/mol. The molecule has 2 N–H and O–H groups in total. The van der Waals surface area contributed by atoms with Crippen molar-refractivity contribution in [3.8, 4) is 11.1 Å². The minimum Gasteiger partial charge on any atom is -0.481 e. The minimum absolute atomic E-state index is 0.0437. The Kier molecular flexibility index (Phi) is 9.48. The Morgan fingerprint density at radius 3 is 2.49 bits per heavy atom. The summed E-state index contributed by atoms with van der Waals surface area (Å²) in [7, 11) is 0. The molecule has 1 aliphatic rings. The van der Waals surface area contributed by atoms with Crippen molar-refractivity contribution in [2.24, 2.45) is 5.92 Å². The van der Waals surface area contributed by atoms with Gasteiger partial charge >= 0.3 is 5.97 Å². The van der Waals surface area contributed by atoms with Crippen LogP contribution in [0.1, 0.15) is 61.0 Å². The molecule has 1 aromatic carbocycles. The number of aryl methyl sites for hydroxylation is 2. The lowest BCUT2D eigenvalue weighted by Gasteiger charge is -2.34. The Morgan fingerprint density at radius 2 is 1.84 bits per heavy atom. The molecule has 0 unspecified atom stereocenters. The lowest BCUT2D eigenvalue weighted by atomic mass is 9.93. The zero-order chi connectivity index (χ0) is 32.4. The van der Waals surface area contributed by atoms with Gasteiger partial charge in [-0.15, -0.1) is 0 Å². The molecule has 5 rings (SSSR count). The first-order valence-electron chi connectivity index (χ1n) is 15.2. The highest BCUT2D eigenvalue weighted by Crippen LogP contribution is 2.33. The number of carboxylic acid groups (broad SMARTS) is 1. The largest absolute Gasteiger partial charge is 0.481 e. The summed E-state index contributed by atoms with van der Waals surface area (Å²) in [5, 5.41) is 12.8. The maximum atomic E-state index is 14.9. The van der Waals surface area contributed by atoms with Crippen molar-refractivity contribution in [1.82, 2.24) is 24.2 Å². The smallest absolute Gasteiger partial charge is 0.305 e. The lowest BCUT2D eigenvalue weighted by Crippen LogP contribution is -2.49. The van der Waals surface area contributed by atoms with Gasteiger partial charge in [0.05, 0.1) is 12.5 Å². The van der Waals surface area contributed by atoms with Gasteiger partial charge in [0, 0.05) is 50.0 Å². The van der Waals surface area contributed by atoms with Gasteiger partial charge in [-0.3, -0.25) is 19.3 Å². The topological polar surface area (TPSA) is 109 Å². The van der Waals surface area contributed by atoms with E-state index in [1.807, 2.05) is 56.9 Å². The van der Waals surface area contributed by atoms with Crippen LogP contribution in [0, 0.1) is 25.6 Å². The summed E-state index contributed by atoms with van der Waals surface area (Å²) < 4.78 is 31.1. The molecule has 0 saturated carbocycles. The molecular weight excluding hydrogens is 580 g/mol. The Hall–Kier alpha value is -4.38. The highest BCUT2D eigenvalue weighted by molar-refractivity contribution is 5.84. The number of pyridine rings is 2. The number of amides is 1. The van der Waals surface area contributed by atoms with E-state index in [4.69, 9.17) is 0 Å². The van der Waals surface area contributed by atoms with Crippen molar-refractivity contribution >= 4 is 17.5 Å². The summed E-state index contributed by atoms with van der Waals surface area (Å²) >= 11 is 0. The van der Waals surface area contributed by atoms with Crippen molar-refractivity contribution in [2.45, 2.75) is 65.2 Å². The molecule has 9 nitrogen and oxygen atoms in total. The number of hydrogen-bond donors (Lipinski definition) is 2. The molecule has 11 heteroatoms. The molecule has 1 fully saturated rings. The van der Waals surface area contributed by atoms with Crippen LogP contribution in [0.4, 0.5) is 8.78 Å². The number of aliphatic carboxylic acids is 1. The van der Waals surface area contributed by atoms with E-state index >= 15 is 0 Å². The fraction of sp³-hybridized carbons (Fsp3) is 0.412. The van der Waals surface area contributed by atoms with Gasteiger partial charge in [-0.2, -0.15) is 0 Å². The fourth-order valence-electron chi connectivity index (χ4n) is 6.12. The number of halogens is 2. The summed E-state index contributed by atoms with van der Waals surface area (Å²) in [6.45, 7) is 8.91. The average Bonchev–Trinajstić information content (AvgIpc) is 3.43. The molecule has 0 radical (unpaired) electrons. The van der Waals surface area contributed by atoms with Crippen molar-refractivity contribution < 1.29 is 23.5 Å². The quantitative estimate of drug-likeness (QED) is 0.230. The zero-order valence-electron chi connectivity index (χ0n) is 26.0. The summed E-state index contributed by atoms with van der Waals surface area (Å²) in [6, 6.07) is 6.93. The number of rotatable bonds is 12. The van der Waals surface area contributed by atoms with Crippen LogP contribution in [-0.4, -0.2) is 61.6 Å². The lowest BCUT2D eigenvalue weighted by molar-refractivity contribution is -0.138. The van der Waals surface area contributed by atoms with Crippen molar-refractivity contribution in [3.05, 3.63) is 93.5 Å². The SMILES string of the molecule is Cc1cccc(C)c1-c1cc([C@@H](CC(=O)O)NC(=O)[C@@H](CC(C)C)n2cc(CCN3CC(F)C3)cc(F)c2=O)cn2ccnc12. The van der Waals surface area contributed by atoms with Crippen LogP contribution in [0.15, 0.2) is 59.9 Å². The van der Waals surface area contributed by atoms with E-state index in [9.17, 15) is 28.3 Å². The number of alkyl halides is 1. The standard InChI is InChI=1S/C34H39F2N5O4/c1-20(2)12-29(41-16-23(13-27(36)34(41)45)8-10-39-18-25(35)19-39)33(44)38-28(15-30(42)43)24-14-26(32-37-9-11-40(32)17-24)31-21(3)6-5-7-22(31)4/h5-7,9,11,13-14,16-17,20,25,28-29H,8,10,12,15,18-19H2,1-4H3,(H,38,44)(H,42,43)/t28-,29-/m1/s1. The normalized spacial score (nSPS) is 15.3. The van der Waals surface area contributed by atoms with Crippen molar-refractivity contribution in [3.63, 3.8) is 0 Å². The molecule has 0 spiro atoms. The Morgan fingerprint density at radius 1 is 1.13 bits per heavy atom. The number of aromatic nitrogens is 3. The maximum Gasteiger partial charge on any atom is 0.305 e. The van der Waals surface area contributed by atoms with Crippen molar-refractivity contribution in [1.29, 1.82) is 0 Å². The predicted octanol–water partition coefficient (Wildman–Crippen LogP) is 5.03. The molecule has 0 aliphatic carbocycles. The number of imidazole rings is 1. The molecule has 238 valence electrons. The van der Waals surface area contributed by atoms with E-state index in [0.29, 0.717) is 42.8 Å². The van der Waals surface area contributed by atoms with E-state index in [1.54, 1.807) is 23.0 Å². The molecule has 0 bridgehead atoms. The van der Waals surface area contributed by atoms with Crippen LogP contribution in [0.3, 0.4) is 0 Å². The molecule has 4 heterocycles. The minimum atomic E-state index is -1.12. The van der Waals surface area contributed by atoms with E-state index in [1.165, 1.54) is 12.3 Å². The molecular formula is C34H39F2N5O4. The maximum absolute atomic E-state index is 14.9. The molecule has 1 aliphatic heterocycles. The highest BCUT2D eigenvalue weighted by atomic mass is 19.1. The van der Waals surface area contributed by atoms with E-state index < -0.39 is 47.9 Å². The van der Waals surface area contributed by atoms with Gasteiger partial charge in [0.15, 0.2) is 5.82 Å². The number of fused-ring (bicyclic) bond motifs is 1. The number of carbonyl (C=O) groups excluding carboxylic acids is 1. The number of nitrogens with one attached hydrogen (secondary N) is 1. The Labute approximate surface area is 260 Å². The van der Waals surface area contributed by atoms with Crippen LogP contribution < -0.4 is 10.9 Å². The summed E-state index contributed by atoms with van der Waals surface area (Å²) in [6.07, 6.45) is 5.99. The Bertz CT molecular complexity index is 1760. The van der Waals surface area contributed by atoms with Crippen LogP contribution in [-0.2, 0) is 16.0 Å². The van der Waals surface area contributed by atoms with Gasteiger partial charge in [-0.05, 0) is 72.6 Å². The zero-order valence-corrected chi connectivity index (χ0v) is 26.0. The second kappa shape index (κ2) is 13.3. The molecule has 1 saturated heterocycles. The van der Waals surface area contributed by atoms with Crippen LogP contribution in [0.5, 0.6) is 0 Å². The molecule has 1 amide bonds. The first kappa shape index (κ1) is 32.0. The van der Waals surface area contributed by atoms with Crippen molar-refractivity contribution in [2.75, 3.05) is 19.6 Å². The average molecular weight is 620 g/mol. The number of carbonyl (C=O) groups is 2. The van der Waals surface area contributed by atoms with Gasteiger partial charge in [0.25, 0.3) is 5.56 Å². The Balaban J connectivity index is 1.51. The molecule has 4 aromatic rings.